The number of carboxylic acids is 2. The Bertz CT molecular complexity index is 690. The first-order chi connectivity index (χ1) is 13.0. The zero-order chi connectivity index (χ0) is 21.4. The van der Waals surface area contributed by atoms with Gasteiger partial charge in [-0.1, -0.05) is 27.7 Å². The zero-order valence-corrected chi connectivity index (χ0v) is 16.5. The van der Waals surface area contributed by atoms with Gasteiger partial charge in [-0.25, -0.2) is 19.2 Å². The van der Waals surface area contributed by atoms with Crippen molar-refractivity contribution in [2.24, 2.45) is 11.8 Å². The second-order valence-corrected chi connectivity index (χ2v) is 7.19. The van der Waals surface area contributed by atoms with E-state index in [0.29, 0.717) is 12.8 Å². The van der Waals surface area contributed by atoms with E-state index in [1.807, 2.05) is 27.7 Å². The van der Waals surface area contributed by atoms with Crippen molar-refractivity contribution in [3.63, 3.8) is 0 Å². The Morgan fingerprint density at radius 2 is 1.04 bits per heavy atom. The summed E-state index contributed by atoms with van der Waals surface area (Å²) >= 11 is 0. The molecule has 1 aromatic carbocycles. The third-order valence-electron chi connectivity index (χ3n) is 3.92. The zero-order valence-electron chi connectivity index (χ0n) is 16.5. The van der Waals surface area contributed by atoms with E-state index >= 15 is 0 Å². The SMILES string of the molecule is CC(C)CCOC(=O)c1cc(C(=O)OCCC(C)C)c(C(=O)O)cc1C(=O)O. The van der Waals surface area contributed by atoms with E-state index in [0.717, 1.165) is 12.1 Å². The lowest BCUT2D eigenvalue weighted by Gasteiger charge is -2.13. The molecule has 8 heteroatoms. The second kappa shape index (κ2) is 10.4. The number of carbonyl (C=O) groups excluding carboxylic acids is 2. The van der Waals surface area contributed by atoms with Gasteiger partial charge in [0, 0.05) is 0 Å². The molecule has 2 N–H and O–H groups in total. The van der Waals surface area contributed by atoms with Gasteiger partial charge in [0.15, 0.2) is 0 Å². The molecule has 1 aromatic rings. The van der Waals surface area contributed by atoms with Crippen LogP contribution in [0.1, 0.15) is 82.0 Å². The van der Waals surface area contributed by atoms with Gasteiger partial charge in [-0.15, -0.1) is 0 Å². The minimum atomic E-state index is -1.50. The highest BCUT2D eigenvalue weighted by atomic mass is 16.5. The monoisotopic (exact) mass is 394 g/mol. The number of carbonyl (C=O) groups is 4. The standard InChI is InChI=1S/C20H26O8/c1-11(2)5-7-27-19(25)15-10-16(20(26)28-8-6-12(3)4)14(18(23)24)9-13(15)17(21)22/h9-12H,5-8H2,1-4H3,(H,21,22)(H,23,24). The number of aromatic carboxylic acids is 2. The van der Waals surface area contributed by atoms with Crippen LogP contribution in [0.25, 0.3) is 0 Å². The third-order valence-corrected chi connectivity index (χ3v) is 3.92. The number of rotatable bonds is 10. The van der Waals surface area contributed by atoms with Gasteiger partial charge in [-0.2, -0.15) is 0 Å². The van der Waals surface area contributed by atoms with Crippen LogP contribution in [0, 0.1) is 11.8 Å². The maximum atomic E-state index is 12.3. The molecular weight excluding hydrogens is 368 g/mol. The van der Waals surface area contributed by atoms with Crippen LogP contribution < -0.4 is 0 Å². The molecule has 0 spiro atoms. The van der Waals surface area contributed by atoms with E-state index in [1.165, 1.54) is 0 Å². The van der Waals surface area contributed by atoms with E-state index in [2.05, 4.69) is 0 Å². The average Bonchev–Trinajstić information content (AvgIpc) is 2.59. The molecule has 1 rings (SSSR count). The lowest BCUT2D eigenvalue weighted by molar-refractivity contribution is 0.0470. The number of esters is 2. The molecule has 0 amide bonds. The van der Waals surface area contributed by atoms with Gasteiger partial charge in [0.1, 0.15) is 0 Å². The molecule has 0 saturated heterocycles. The van der Waals surface area contributed by atoms with Crippen molar-refractivity contribution >= 4 is 23.9 Å². The lowest BCUT2D eigenvalue weighted by atomic mass is 9.98. The molecule has 28 heavy (non-hydrogen) atoms. The maximum Gasteiger partial charge on any atom is 0.339 e. The first-order valence-electron chi connectivity index (χ1n) is 9.03. The second-order valence-electron chi connectivity index (χ2n) is 7.19. The summed E-state index contributed by atoms with van der Waals surface area (Å²) in [7, 11) is 0. The third kappa shape index (κ3) is 6.68. The Hall–Kier alpha value is -2.90. The van der Waals surface area contributed by atoms with Crippen molar-refractivity contribution in [1.82, 2.24) is 0 Å². The van der Waals surface area contributed by atoms with Gasteiger partial charge in [-0.05, 0) is 36.8 Å². The van der Waals surface area contributed by atoms with E-state index < -0.39 is 46.1 Å². The topological polar surface area (TPSA) is 127 Å². The van der Waals surface area contributed by atoms with Crippen LogP contribution in [0.3, 0.4) is 0 Å². The molecule has 0 aromatic heterocycles. The molecule has 0 bridgehead atoms. The van der Waals surface area contributed by atoms with Crippen LogP contribution >= 0.6 is 0 Å². The van der Waals surface area contributed by atoms with Gasteiger partial charge < -0.3 is 19.7 Å². The van der Waals surface area contributed by atoms with E-state index in [9.17, 15) is 29.4 Å². The van der Waals surface area contributed by atoms with Crippen molar-refractivity contribution in [3.8, 4) is 0 Å². The van der Waals surface area contributed by atoms with Crippen molar-refractivity contribution in [3.05, 3.63) is 34.4 Å². The summed E-state index contributed by atoms with van der Waals surface area (Å²) in [5.74, 6) is -4.34. The van der Waals surface area contributed by atoms with E-state index in [-0.39, 0.29) is 25.0 Å². The summed E-state index contributed by atoms with van der Waals surface area (Å²) < 4.78 is 10.2. The number of ether oxygens (including phenoxy) is 2. The largest absolute Gasteiger partial charge is 0.478 e. The van der Waals surface area contributed by atoms with Gasteiger partial charge in [0.2, 0.25) is 0 Å². The molecule has 0 radical (unpaired) electrons. The summed E-state index contributed by atoms with van der Waals surface area (Å²) in [6.45, 7) is 7.88. The number of carboxylic acid groups (broad SMARTS) is 2. The molecule has 0 heterocycles. The Morgan fingerprint density at radius 1 is 0.714 bits per heavy atom. The van der Waals surface area contributed by atoms with Crippen molar-refractivity contribution in [1.29, 1.82) is 0 Å². The summed E-state index contributed by atoms with van der Waals surface area (Å²) in [5.41, 5.74) is -1.88. The van der Waals surface area contributed by atoms with Crippen LogP contribution in [0.4, 0.5) is 0 Å². The molecule has 0 unspecified atom stereocenters. The summed E-state index contributed by atoms with van der Waals surface area (Å²) in [4.78, 5) is 47.6. The van der Waals surface area contributed by atoms with Crippen LogP contribution in [0.2, 0.25) is 0 Å². The molecule has 0 aliphatic heterocycles. The van der Waals surface area contributed by atoms with Gasteiger partial charge >= 0.3 is 23.9 Å². The normalized spacial score (nSPS) is 10.8. The smallest absolute Gasteiger partial charge is 0.339 e. The van der Waals surface area contributed by atoms with Crippen LogP contribution in [0.5, 0.6) is 0 Å². The summed E-state index contributed by atoms with van der Waals surface area (Å²) in [5, 5.41) is 18.7. The van der Waals surface area contributed by atoms with Gasteiger partial charge in [0.05, 0.1) is 35.5 Å². The van der Waals surface area contributed by atoms with Gasteiger partial charge in [-0.3, -0.25) is 0 Å². The maximum absolute atomic E-state index is 12.3. The Balaban J connectivity index is 3.26. The van der Waals surface area contributed by atoms with Crippen LogP contribution in [0.15, 0.2) is 12.1 Å². The van der Waals surface area contributed by atoms with Crippen molar-refractivity contribution in [2.45, 2.75) is 40.5 Å². The van der Waals surface area contributed by atoms with Gasteiger partial charge in [0.25, 0.3) is 0 Å². The van der Waals surface area contributed by atoms with Crippen LogP contribution in [-0.4, -0.2) is 47.3 Å². The predicted octanol–water partition coefficient (Wildman–Crippen LogP) is 3.49. The van der Waals surface area contributed by atoms with E-state index in [4.69, 9.17) is 9.47 Å². The Labute approximate surface area is 163 Å². The highest BCUT2D eigenvalue weighted by molar-refractivity contribution is 6.09. The molecule has 0 saturated carbocycles. The van der Waals surface area contributed by atoms with Crippen molar-refractivity contribution < 1.29 is 38.9 Å². The fourth-order valence-electron chi connectivity index (χ4n) is 2.22. The Kier molecular flexibility index (Phi) is 8.63. The molecule has 0 aliphatic carbocycles. The quantitative estimate of drug-likeness (QED) is 0.577. The fourth-order valence-corrected chi connectivity index (χ4v) is 2.22. The van der Waals surface area contributed by atoms with Crippen LogP contribution in [-0.2, 0) is 9.47 Å². The number of hydrogen-bond acceptors (Lipinski definition) is 6. The summed E-state index contributed by atoms with van der Waals surface area (Å²) in [6.07, 6.45) is 1.15. The molecule has 0 atom stereocenters. The highest BCUT2D eigenvalue weighted by Gasteiger charge is 2.27. The highest BCUT2D eigenvalue weighted by Crippen LogP contribution is 2.21. The minimum absolute atomic E-state index is 0.0738. The van der Waals surface area contributed by atoms with Crippen molar-refractivity contribution in [2.75, 3.05) is 13.2 Å². The van der Waals surface area contributed by atoms with E-state index in [1.54, 1.807) is 0 Å². The summed E-state index contributed by atoms with van der Waals surface area (Å²) in [6, 6.07) is 1.70. The molecule has 154 valence electrons. The predicted molar refractivity (Wildman–Crippen MR) is 99.8 cm³/mol. The molecule has 0 fully saturated rings. The minimum Gasteiger partial charge on any atom is -0.478 e. The molecule has 0 aliphatic rings. The average molecular weight is 394 g/mol. The first-order valence-corrected chi connectivity index (χ1v) is 9.03. The Morgan fingerprint density at radius 3 is 1.32 bits per heavy atom. The lowest BCUT2D eigenvalue weighted by Crippen LogP contribution is -2.19. The first kappa shape index (κ1) is 23.1. The number of hydrogen-bond donors (Lipinski definition) is 2. The molecular formula is C20H26O8. The fraction of sp³-hybridized carbons (Fsp3) is 0.500. The molecule has 8 nitrogen and oxygen atoms in total. The number of benzene rings is 1.